The van der Waals surface area contributed by atoms with Crippen LogP contribution in [-0.4, -0.2) is 15.1 Å². The van der Waals surface area contributed by atoms with Crippen LogP contribution in [0.5, 0.6) is 0 Å². The summed E-state index contributed by atoms with van der Waals surface area (Å²) in [5.41, 5.74) is -0.193. The second kappa shape index (κ2) is 5.31. The Balaban J connectivity index is 2.23. The summed E-state index contributed by atoms with van der Waals surface area (Å²) in [6.07, 6.45) is 0. The molecule has 0 saturated heterocycles. The predicted molar refractivity (Wildman–Crippen MR) is 67.1 cm³/mol. The van der Waals surface area contributed by atoms with Crippen LogP contribution < -0.4 is 5.32 Å². The number of nitro benzene ring substituents is 1. The van der Waals surface area contributed by atoms with Gasteiger partial charge in [-0.3, -0.25) is 10.1 Å². The molecule has 1 N–H and O–H groups in total. The Hall–Kier alpha value is -2.03. The van der Waals surface area contributed by atoms with Crippen molar-refractivity contribution in [2.24, 2.45) is 0 Å². The molecule has 1 aromatic carbocycles. The van der Waals surface area contributed by atoms with Crippen molar-refractivity contribution < 1.29 is 13.8 Å². The first-order valence-corrected chi connectivity index (χ1v) is 5.93. The van der Waals surface area contributed by atoms with Crippen molar-refractivity contribution >= 4 is 27.3 Å². The molecule has 1 heterocycles. The first-order valence-electron chi connectivity index (χ1n) is 5.14. The summed E-state index contributed by atoms with van der Waals surface area (Å²) in [6.45, 7) is 1.77. The molecule has 7 nitrogen and oxygen atoms in total. The molecule has 0 radical (unpaired) electrons. The molecule has 0 amide bonds. The van der Waals surface area contributed by atoms with Crippen LogP contribution in [0.3, 0.4) is 0 Å². The highest BCUT2D eigenvalue weighted by molar-refractivity contribution is 9.10. The highest BCUT2D eigenvalue weighted by Crippen LogP contribution is 2.30. The number of rotatable bonds is 4. The molecule has 9 heteroatoms. The zero-order valence-electron chi connectivity index (χ0n) is 9.68. The van der Waals surface area contributed by atoms with E-state index >= 15 is 0 Å². The Bertz CT molecular complexity index is 631. The van der Waals surface area contributed by atoms with Crippen molar-refractivity contribution in [1.29, 1.82) is 0 Å². The van der Waals surface area contributed by atoms with Crippen LogP contribution in [0.4, 0.5) is 15.8 Å². The van der Waals surface area contributed by atoms with Gasteiger partial charge in [-0.1, -0.05) is 5.16 Å². The average Bonchev–Trinajstić information content (AvgIpc) is 2.76. The molecule has 0 unspecified atom stereocenters. The number of nitro groups is 1. The lowest BCUT2D eigenvalue weighted by Crippen LogP contribution is -2.04. The minimum atomic E-state index is -0.701. The maximum Gasteiger partial charge on any atom is 0.295 e. The Morgan fingerprint density at radius 1 is 1.58 bits per heavy atom. The predicted octanol–water partition coefficient (Wildman–Crippen LogP) is 2.80. The van der Waals surface area contributed by atoms with Crippen LogP contribution in [0, 0.1) is 22.9 Å². The van der Waals surface area contributed by atoms with E-state index < -0.39 is 10.7 Å². The number of benzene rings is 1. The topological polar surface area (TPSA) is 94.1 Å². The molecule has 2 rings (SSSR count). The van der Waals surface area contributed by atoms with Crippen molar-refractivity contribution in [3.05, 3.63) is 44.3 Å². The molecule has 0 aliphatic heterocycles. The Morgan fingerprint density at radius 3 is 2.89 bits per heavy atom. The number of hydrogen-bond acceptors (Lipinski definition) is 6. The second-order valence-electron chi connectivity index (χ2n) is 3.62. The van der Waals surface area contributed by atoms with Crippen molar-refractivity contribution in [3.63, 3.8) is 0 Å². The second-order valence-corrected chi connectivity index (χ2v) is 4.48. The zero-order valence-corrected chi connectivity index (χ0v) is 11.3. The minimum Gasteiger partial charge on any atom is -0.372 e. The van der Waals surface area contributed by atoms with E-state index in [-0.39, 0.29) is 22.4 Å². The lowest BCUT2D eigenvalue weighted by molar-refractivity contribution is -0.384. The fraction of sp³-hybridized carbons (Fsp3) is 0.200. The molecule has 2 aromatic rings. The summed E-state index contributed by atoms with van der Waals surface area (Å²) in [7, 11) is 0. The standard InChI is InChI=1S/C10H8BrFN4O3/c1-5-14-10(15-19-5)4-13-8-2-6(11)7(12)3-9(8)16(17)18/h2-3,13H,4H2,1H3. The lowest BCUT2D eigenvalue weighted by Gasteiger charge is -2.06. The smallest absolute Gasteiger partial charge is 0.295 e. The maximum atomic E-state index is 13.3. The van der Waals surface area contributed by atoms with Crippen LogP contribution in [-0.2, 0) is 6.54 Å². The number of anilines is 1. The van der Waals surface area contributed by atoms with Crippen molar-refractivity contribution in [1.82, 2.24) is 10.1 Å². The molecule has 0 spiro atoms. The van der Waals surface area contributed by atoms with E-state index in [0.29, 0.717) is 11.7 Å². The van der Waals surface area contributed by atoms with Gasteiger partial charge in [0.15, 0.2) is 5.82 Å². The van der Waals surface area contributed by atoms with Gasteiger partial charge in [0.2, 0.25) is 5.89 Å². The molecule has 0 saturated carbocycles. The molecule has 0 bridgehead atoms. The third-order valence-electron chi connectivity index (χ3n) is 2.24. The summed E-state index contributed by atoms with van der Waals surface area (Å²) in [5.74, 6) is 0.0477. The number of nitrogens with one attached hydrogen (secondary N) is 1. The largest absolute Gasteiger partial charge is 0.372 e. The van der Waals surface area contributed by atoms with Crippen LogP contribution in [0.1, 0.15) is 11.7 Å². The SMILES string of the molecule is Cc1nc(CNc2cc(Br)c(F)cc2[N+](=O)[O-])no1. The summed E-state index contributed by atoms with van der Waals surface area (Å²) in [5, 5.41) is 17.2. The Morgan fingerprint density at radius 2 is 2.32 bits per heavy atom. The van der Waals surface area contributed by atoms with Gasteiger partial charge in [-0.15, -0.1) is 0 Å². The number of aromatic nitrogens is 2. The first-order chi connectivity index (χ1) is 8.97. The van der Waals surface area contributed by atoms with E-state index in [1.54, 1.807) is 6.92 Å². The van der Waals surface area contributed by atoms with Gasteiger partial charge in [0.25, 0.3) is 5.69 Å². The molecule has 0 aliphatic carbocycles. The van der Waals surface area contributed by atoms with E-state index in [9.17, 15) is 14.5 Å². The van der Waals surface area contributed by atoms with Gasteiger partial charge < -0.3 is 9.84 Å². The highest BCUT2D eigenvalue weighted by Gasteiger charge is 2.18. The van der Waals surface area contributed by atoms with E-state index in [4.69, 9.17) is 4.52 Å². The monoisotopic (exact) mass is 330 g/mol. The van der Waals surface area contributed by atoms with E-state index in [1.807, 2.05) is 0 Å². The summed E-state index contributed by atoms with van der Waals surface area (Å²) >= 11 is 2.97. The van der Waals surface area contributed by atoms with Gasteiger partial charge in [0.1, 0.15) is 11.5 Å². The fourth-order valence-electron chi connectivity index (χ4n) is 1.42. The van der Waals surface area contributed by atoms with Gasteiger partial charge in [0, 0.05) is 6.92 Å². The molecule has 100 valence electrons. The Labute approximate surface area is 115 Å². The summed E-state index contributed by atoms with van der Waals surface area (Å²) in [4.78, 5) is 14.1. The van der Waals surface area contributed by atoms with Gasteiger partial charge in [-0.05, 0) is 22.0 Å². The molecule has 0 fully saturated rings. The van der Waals surface area contributed by atoms with Gasteiger partial charge >= 0.3 is 0 Å². The molecule has 0 aliphatic rings. The van der Waals surface area contributed by atoms with E-state index in [0.717, 1.165) is 6.07 Å². The average molecular weight is 331 g/mol. The first kappa shape index (κ1) is 13.4. The zero-order chi connectivity index (χ0) is 14.0. The fourth-order valence-corrected chi connectivity index (χ4v) is 1.76. The molecule has 0 atom stereocenters. The number of nitrogens with zero attached hydrogens (tertiary/aromatic N) is 3. The normalized spacial score (nSPS) is 10.5. The number of hydrogen-bond donors (Lipinski definition) is 1. The molecule has 19 heavy (non-hydrogen) atoms. The number of halogens is 2. The minimum absolute atomic E-state index is 0.130. The molecular formula is C10H8BrFN4O3. The van der Waals surface area contributed by atoms with Crippen molar-refractivity contribution in [2.45, 2.75) is 13.5 Å². The van der Waals surface area contributed by atoms with Gasteiger partial charge in [-0.25, -0.2) is 4.39 Å². The van der Waals surface area contributed by atoms with Crippen LogP contribution in [0.25, 0.3) is 0 Å². The molecule has 1 aromatic heterocycles. The van der Waals surface area contributed by atoms with Crippen LogP contribution >= 0.6 is 15.9 Å². The van der Waals surface area contributed by atoms with Gasteiger partial charge in [0.05, 0.1) is 22.0 Å². The molecular weight excluding hydrogens is 323 g/mol. The van der Waals surface area contributed by atoms with Crippen molar-refractivity contribution in [2.75, 3.05) is 5.32 Å². The highest BCUT2D eigenvalue weighted by atomic mass is 79.9. The summed E-state index contributed by atoms with van der Waals surface area (Å²) < 4.78 is 18.2. The summed E-state index contributed by atoms with van der Waals surface area (Å²) in [6, 6.07) is 2.13. The van der Waals surface area contributed by atoms with E-state index in [1.165, 1.54) is 6.07 Å². The number of aryl methyl sites for hydroxylation is 1. The van der Waals surface area contributed by atoms with Crippen LogP contribution in [0.2, 0.25) is 0 Å². The Kier molecular flexibility index (Phi) is 3.74. The van der Waals surface area contributed by atoms with Gasteiger partial charge in [-0.2, -0.15) is 4.98 Å². The van der Waals surface area contributed by atoms with Crippen LogP contribution in [0.15, 0.2) is 21.1 Å². The third-order valence-corrected chi connectivity index (χ3v) is 2.85. The van der Waals surface area contributed by atoms with Crippen molar-refractivity contribution in [3.8, 4) is 0 Å². The third kappa shape index (κ3) is 3.05. The van der Waals surface area contributed by atoms with E-state index in [2.05, 4.69) is 31.4 Å². The quantitative estimate of drug-likeness (QED) is 0.684. The lowest BCUT2D eigenvalue weighted by atomic mass is 10.2. The maximum absolute atomic E-state index is 13.3.